The summed E-state index contributed by atoms with van der Waals surface area (Å²) in [5, 5.41) is 0.994. The predicted molar refractivity (Wildman–Crippen MR) is 146 cm³/mol. The lowest BCUT2D eigenvalue weighted by Crippen LogP contribution is -2.40. The lowest BCUT2D eigenvalue weighted by Gasteiger charge is -2.32. The fourth-order valence-corrected chi connectivity index (χ4v) is 6.23. The lowest BCUT2D eigenvalue weighted by molar-refractivity contribution is -0.132. The molecule has 2 aromatic heterocycles. The molecule has 0 bridgehead atoms. The maximum absolute atomic E-state index is 13.9. The molecular weight excluding hydrogens is 462 g/mol. The van der Waals surface area contributed by atoms with Gasteiger partial charge in [0.05, 0.1) is 5.52 Å². The van der Waals surface area contributed by atoms with Gasteiger partial charge in [-0.25, -0.2) is 0 Å². The number of carbonyl (C=O) groups is 1. The van der Waals surface area contributed by atoms with Crippen LogP contribution in [-0.2, 0) is 24.3 Å². The third-order valence-electron chi connectivity index (χ3n) is 8.64. The van der Waals surface area contributed by atoms with Crippen molar-refractivity contribution in [1.29, 1.82) is 0 Å². The Kier molecular flexibility index (Phi) is 6.37. The summed E-state index contributed by atoms with van der Waals surface area (Å²) in [6.07, 6.45) is 4.55. The van der Waals surface area contributed by atoms with E-state index in [1.165, 1.54) is 12.8 Å². The Labute approximate surface area is 218 Å². The van der Waals surface area contributed by atoms with Crippen LogP contribution in [-0.4, -0.2) is 39.0 Å². The van der Waals surface area contributed by atoms with Gasteiger partial charge in [0.1, 0.15) is 0 Å². The third kappa shape index (κ3) is 4.71. The second-order valence-corrected chi connectivity index (χ2v) is 11.3. The van der Waals surface area contributed by atoms with Gasteiger partial charge in [0.25, 0.3) is 5.56 Å². The van der Waals surface area contributed by atoms with Crippen LogP contribution in [0.3, 0.4) is 0 Å². The molecule has 2 fully saturated rings. The summed E-state index contributed by atoms with van der Waals surface area (Å²) in [7, 11) is 0. The highest BCUT2D eigenvalue weighted by Gasteiger charge is 2.32. The standard InChI is InChI=1S/C30H37N5O2/c1-18-7-10-25-24(5-4-6-27(25)31-18)26-15-22-17-34(29(36)12-11-23-19(2)32-33-20(23)3)14-13-28(22)35(30(26)37)16-21-8-9-21/h4-7,10,15,19-21,23,32-33H,8-9,11-14,16-17H2,1-3H3. The Morgan fingerprint density at radius 3 is 2.62 bits per heavy atom. The number of nitrogens with zero attached hydrogens (tertiary/aromatic N) is 3. The lowest BCUT2D eigenvalue weighted by atomic mass is 9.91. The van der Waals surface area contributed by atoms with E-state index in [1.54, 1.807) is 0 Å². The molecule has 2 aliphatic heterocycles. The van der Waals surface area contributed by atoms with Crippen LogP contribution < -0.4 is 16.4 Å². The van der Waals surface area contributed by atoms with E-state index in [0.717, 1.165) is 58.4 Å². The highest BCUT2D eigenvalue weighted by molar-refractivity contribution is 5.94. The van der Waals surface area contributed by atoms with E-state index in [1.807, 2.05) is 40.7 Å². The van der Waals surface area contributed by atoms with E-state index in [0.29, 0.717) is 43.4 Å². The number of rotatable bonds is 6. The normalized spacial score (nSPS) is 23.4. The number of aryl methyl sites for hydroxylation is 1. The van der Waals surface area contributed by atoms with Crippen LogP contribution in [0.1, 0.15) is 56.5 Å². The van der Waals surface area contributed by atoms with E-state index in [4.69, 9.17) is 0 Å². The van der Waals surface area contributed by atoms with Gasteiger partial charge < -0.3 is 9.47 Å². The number of hydrogen-bond acceptors (Lipinski definition) is 5. The molecular formula is C30H37N5O2. The quantitative estimate of drug-likeness (QED) is 0.537. The molecule has 3 aliphatic rings. The summed E-state index contributed by atoms with van der Waals surface area (Å²) in [5.74, 6) is 1.24. The average molecular weight is 500 g/mol. The van der Waals surface area contributed by atoms with Gasteiger partial charge in [0.15, 0.2) is 0 Å². The van der Waals surface area contributed by atoms with Crippen LogP contribution in [0.4, 0.5) is 0 Å². The SMILES string of the molecule is Cc1ccc2c(-c3cc4c(n(CC5CC5)c3=O)CCN(C(=O)CCC3C(C)NNC3C)C4)cccc2n1. The fourth-order valence-electron chi connectivity index (χ4n) is 6.23. The Bertz CT molecular complexity index is 1400. The van der Waals surface area contributed by atoms with Gasteiger partial charge >= 0.3 is 0 Å². The van der Waals surface area contributed by atoms with Crippen molar-refractivity contribution in [3.8, 4) is 11.1 Å². The van der Waals surface area contributed by atoms with Crippen molar-refractivity contribution in [2.24, 2.45) is 11.8 Å². The zero-order chi connectivity index (χ0) is 25.7. The van der Waals surface area contributed by atoms with Crippen molar-refractivity contribution in [3.63, 3.8) is 0 Å². The topological polar surface area (TPSA) is 79.3 Å². The first-order valence-corrected chi connectivity index (χ1v) is 13.8. The van der Waals surface area contributed by atoms with Crippen molar-refractivity contribution >= 4 is 16.8 Å². The number of benzene rings is 1. The Morgan fingerprint density at radius 1 is 1.08 bits per heavy atom. The molecule has 0 spiro atoms. The van der Waals surface area contributed by atoms with Gasteiger partial charge in [0.2, 0.25) is 5.91 Å². The fraction of sp³-hybridized carbons (Fsp3) is 0.500. The first kappa shape index (κ1) is 24.3. The van der Waals surface area contributed by atoms with Crippen LogP contribution in [0, 0.1) is 18.8 Å². The second-order valence-electron chi connectivity index (χ2n) is 11.3. The van der Waals surface area contributed by atoms with Crippen molar-refractivity contribution in [3.05, 3.63) is 63.7 Å². The summed E-state index contributed by atoms with van der Waals surface area (Å²) < 4.78 is 2.03. The molecule has 2 atom stereocenters. The molecule has 7 heteroatoms. The number of aromatic nitrogens is 2. The van der Waals surface area contributed by atoms with E-state index in [2.05, 4.69) is 41.8 Å². The Balaban J connectivity index is 1.33. The van der Waals surface area contributed by atoms with Gasteiger partial charge in [0, 0.05) is 66.9 Å². The molecule has 2 unspecified atom stereocenters. The van der Waals surface area contributed by atoms with Crippen molar-refractivity contribution < 1.29 is 4.79 Å². The molecule has 4 heterocycles. The second kappa shape index (κ2) is 9.69. The monoisotopic (exact) mass is 499 g/mol. The van der Waals surface area contributed by atoms with Gasteiger partial charge in [-0.3, -0.25) is 25.4 Å². The molecule has 7 nitrogen and oxygen atoms in total. The summed E-state index contributed by atoms with van der Waals surface area (Å²) >= 11 is 0. The number of hydrazine groups is 1. The van der Waals surface area contributed by atoms with Crippen LogP contribution in [0.5, 0.6) is 0 Å². The smallest absolute Gasteiger partial charge is 0.258 e. The third-order valence-corrected chi connectivity index (χ3v) is 8.64. The molecule has 1 aromatic carbocycles. The van der Waals surface area contributed by atoms with Gasteiger partial charge in [-0.2, -0.15) is 0 Å². The summed E-state index contributed by atoms with van der Waals surface area (Å²) in [6, 6.07) is 12.9. The molecule has 0 radical (unpaired) electrons. The van der Waals surface area contributed by atoms with Gasteiger partial charge in [-0.15, -0.1) is 0 Å². The maximum Gasteiger partial charge on any atom is 0.258 e. The van der Waals surface area contributed by atoms with E-state index in [-0.39, 0.29) is 11.5 Å². The number of fused-ring (bicyclic) bond motifs is 2. The summed E-state index contributed by atoms with van der Waals surface area (Å²) in [4.78, 5) is 33.9. The first-order chi connectivity index (χ1) is 17.9. The van der Waals surface area contributed by atoms with Gasteiger partial charge in [-0.05, 0) is 81.2 Å². The van der Waals surface area contributed by atoms with Gasteiger partial charge in [-0.1, -0.05) is 18.2 Å². The minimum absolute atomic E-state index is 0.0858. The molecule has 1 amide bonds. The number of pyridine rings is 2. The van der Waals surface area contributed by atoms with E-state index < -0.39 is 0 Å². The summed E-state index contributed by atoms with van der Waals surface area (Å²) in [6.45, 7) is 8.36. The molecule has 2 N–H and O–H groups in total. The molecule has 37 heavy (non-hydrogen) atoms. The molecule has 3 aromatic rings. The van der Waals surface area contributed by atoms with Crippen LogP contribution in [0.15, 0.2) is 41.2 Å². The Hall–Kier alpha value is -3.03. The number of carbonyl (C=O) groups excluding carboxylic acids is 1. The van der Waals surface area contributed by atoms with Crippen molar-refractivity contribution in [2.45, 2.75) is 78.0 Å². The largest absolute Gasteiger partial charge is 0.338 e. The highest BCUT2D eigenvalue weighted by Crippen LogP contribution is 2.34. The van der Waals surface area contributed by atoms with Crippen molar-refractivity contribution in [2.75, 3.05) is 6.54 Å². The van der Waals surface area contributed by atoms with Crippen LogP contribution >= 0.6 is 0 Å². The molecule has 6 rings (SSSR count). The maximum atomic E-state index is 13.9. The minimum atomic E-state index is 0.0858. The predicted octanol–water partition coefficient (Wildman–Crippen LogP) is 3.95. The Morgan fingerprint density at radius 2 is 1.86 bits per heavy atom. The molecule has 1 aliphatic carbocycles. The number of nitrogens with one attached hydrogen (secondary N) is 2. The number of amides is 1. The highest BCUT2D eigenvalue weighted by atomic mass is 16.2. The summed E-state index contributed by atoms with van der Waals surface area (Å²) in [5.41, 5.74) is 12.4. The van der Waals surface area contributed by atoms with E-state index in [9.17, 15) is 9.59 Å². The minimum Gasteiger partial charge on any atom is -0.338 e. The molecule has 1 saturated heterocycles. The van der Waals surface area contributed by atoms with Crippen LogP contribution in [0.2, 0.25) is 0 Å². The molecule has 194 valence electrons. The zero-order valence-electron chi connectivity index (χ0n) is 22.1. The molecule has 1 saturated carbocycles. The average Bonchev–Trinajstić information content (AvgIpc) is 3.66. The first-order valence-electron chi connectivity index (χ1n) is 13.8. The zero-order valence-corrected chi connectivity index (χ0v) is 22.1. The van der Waals surface area contributed by atoms with Crippen LogP contribution in [0.25, 0.3) is 22.0 Å². The number of hydrogen-bond donors (Lipinski definition) is 2. The van der Waals surface area contributed by atoms with Crippen molar-refractivity contribution in [1.82, 2.24) is 25.3 Å². The van der Waals surface area contributed by atoms with E-state index >= 15 is 0 Å².